The molecule has 1 fully saturated rings. The number of anilines is 3. The number of hydrogen-bond donors (Lipinski definition) is 0. The molecule has 198 valence electrons. The molecule has 2 aliphatic rings. The largest absolute Gasteiger partial charge is 0.372 e. The molecule has 2 aromatic carbocycles. The number of para-hydroxylation sites is 1. The quantitative estimate of drug-likeness (QED) is 0.489. The van der Waals surface area contributed by atoms with E-state index in [4.69, 9.17) is 11.6 Å². The first-order valence-corrected chi connectivity index (χ1v) is 13.6. The van der Waals surface area contributed by atoms with Gasteiger partial charge in [0.25, 0.3) is 5.91 Å². The Labute approximate surface area is 228 Å². The van der Waals surface area contributed by atoms with Crippen molar-refractivity contribution in [1.82, 2.24) is 14.9 Å². The van der Waals surface area contributed by atoms with Crippen molar-refractivity contribution < 1.29 is 9.59 Å². The molecule has 0 radical (unpaired) electrons. The number of carbonyl (C=O) groups is 2. The lowest BCUT2D eigenvalue weighted by molar-refractivity contribution is -0.116. The topological polar surface area (TPSA) is 72.9 Å². The lowest BCUT2D eigenvalue weighted by atomic mass is 10.1. The molecular weight excluding hydrogens is 500 g/mol. The van der Waals surface area contributed by atoms with E-state index in [1.165, 1.54) is 0 Å². The lowest BCUT2D eigenvalue weighted by Gasteiger charge is -2.29. The lowest BCUT2D eigenvalue weighted by Crippen LogP contribution is -2.39. The van der Waals surface area contributed by atoms with Crippen LogP contribution in [0, 0.1) is 0 Å². The van der Waals surface area contributed by atoms with Gasteiger partial charge >= 0.3 is 0 Å². The van der Waals surface area contributed by atoms with Crippen molar-refractivity contribution in [1.29, 1.82) is 0 Å². The minimum atomic E-state index is -0.131. The number of fused-ring (bicyclic) bond motifs is 1. The molecule has 0 bridgehead atoms. The van der Waals surface area contributed by atoms with Crippen LogP contribution in [0.4, 0.5) is 17.3 Å². The molecule has 0 unspecified atom stereocenters. The van der Waals surface area contributed by atoms with Gasteiger partial charge in [0.15, 0.2) is 0 Å². The Kier molecular flexibility index (Phi) is 8.08. The van der Waals surface area contributed by atoms with Crippen LogP contribution in [-0.2, 0) is 11.3 Å². The molecule has 0 N–H and O–H groups in total. The predicted octanol–water partition coefficient (Wildman–Crippen LogP) is 4.64. The molecule has 9 heteroatoms. The van der Waals surface area contributed by atoms with Gasteiger partial charge in [-0.05, 0) is 55.2 Å². The zero-order chi connectivity index (χ0) is 26.5. The molecule has 0 saturated carbocycles. The number of hydrogen-bond acceptors (Lipinski definition) is 6. The number of nitrogens with zero attached hydrogens (tertiary/aromatic N) is 6. The molecular formula is C29H33ClN6O2. The van der Waals surface area contributed by atoms with Crippen LogP contribution < -0.4 is 14.7 Å². The van der Waals surface area contributed by atoms with E-state index in [9.17, 15) is 9.59 Å². The van der Waals surface area contributed by atoms with Crippen LogP contribution in [0.2, 0.25) is 5.02 Å². The van der Waals surface area contributed by atoms with Gasteiger partial charge in [-0.15, -0.1) is 0 Å². The van der Waals surface area contributed by atoms with Crippen LogP contribution in [0.3, 0.4) is 0 Å². The standard InChI is InChI=1S/C29H33ClN6O2/c1-22(37)36-17-7-16-34(29-31-12-6-13-32-29)18-19-35(21-23-8-2-3-9-27(23)36)28(38)25-20-24(10-11-26(25)30)33-14-4-5-15-33/h2-3,6,8-13,20H,4-5,7,14-19,21H2,1H3. The van der Waals surface area contributed by atoms with Crippen LogP contribution in [0.1, 0.15) is 42.1 Å². The van der Waals surface area contributed by atoms with Gasteiger partial charge in [-0.2, -0.15) is 0 Å². The number of carbonyl (C=O) groups excluding carboxylic acids is 2. The van der Waals surface area contributed by atoms with Gasteiger partial charge < -0.3 is 19.6 Å². The van der Waals surface area contributed by atoms with Crippen LogP contribution >= 0.6 is 11.6 Å². The van der Waals surface area contributed by atoms with Gasteiger partial charge in [-0.3, -0.25) is 9.59 Å². The SMILES string of the molecule is CC(=O)N1CCCN(c2ncccn2)CCN(C(=O)c2cc(N3CCCC3)ccc2Cl)Cc2ccccc21. The van der Waals surface area contributed by atoms with Gasteiger partial charge in [-0.1, -0.05) is 29.8 Å². The van der Waals surface area contributed by atoms with Gasteiger partial charge in [0.05, 0.1) is 10.6 Å². The van der Waals surface area contributed by atoms with Crippen LogP contribution in [-0.4, -0.2) is 66.0 Å². The summed E-state index contributed by atoms with van der Waals surface area (Å²) in [6, 6.07) is 15.4. The van der Waals surface area contributed by atoms with E-state index >= 15 is 0 Å². The molecule has 1 saturated heterocycles. The molecule has 2 aliphatic heterocycles. The third-order valence-electron chi connectivity index (χ3n) is 7.25. The Bertz CT molecular complexity index is 1280. The van der Waals surface area contributed by atoms with Gasteiger partial charge in [0.1, 0.15) is 0 Å². The van der Waals surface area contributed by atoms with Gasteiger partial charge in [0.2, 0.25) is 11.9 Å². The summed E-state index contributed by atoms with van der Waals surface area (Å²) in [6.07, 6.45) is 6.48. The van der Waals surface area contributed by atoms with E-state index in [1.54, 1.807) is 30.3 Å². The fourth-order valence-corrected chi connectivity index (χ4v) is 5.46. The van der Waals surface area contributed by atoms with E-state index in [0.29, 0.717) is 49.3 Å². The number of amides is 2. The summed E-state index contributed by atoms with van der Waals surface area (Å²) in [5.41, 5.74) is 3.27. The van der Waals surface area contributed by atoms with Gasteiger partial charge in [0, 0.05) is 76.5 Å². The average Bonchev–Trinajstić information content (AvgIpc) is 3.46. The first kappa shape index (κ1) is 26.0. The highest BCUT2D eigenvalue weighted by Gasteiger charge is 2.25. The minimum Gasteiger partial charge on any atom is -0.372 e. The Morgan fingerprint density at radius 2 is 1.55 bits per heavy atom. The second kappa shape index (κ2) is 11.8. The average molecular weight is 533 g/mol. The number of halogens is 1. The Morgan fingerprint density at radius 1 is 0.816 bits per heavy atom. The fraction of sp³-hybridized carbons (Fsp3) is 0.379. The molecule has 0 aliphatic carbocycles. The molecule has 0 spiro atoms. The van der Waals surface area contributed by atoms with Crippen LogP contribution in [0.5, 0.6) is 0 Å². The number of benzene rings is 2. The Balaban J connectivity index is 1.51. The van der Waals surface area contributed by atoms with E-state index in [2.05, 4.69) is 19.8 Å². The van der Waals surface area contributed by atoms with E-state index in [0.717, 1.165) is 49.3 Å². The van der Waals surface area contributed by atoms with E-state index in [1.807, 2.05) is 47.4 Å². The zero-order valence-electron chi connectivity index (χ0n) is 21.7. The maximum absolute atomic E-state index is 14.1. The molecule has 0 atom stereocenters. The number of aromatic nitrogens is 2. The molecule has 5 rings (SSSR count). The summed E-state index contributed by atoms with van der Waals surface area (Å²) < 4.78 is 0. The fourth-order valence-electron chi connectivity index (χ4n) is 5.26. The summed E-state index contributed by atoms with van der Waals surface area (Å²) in [7, 11) is 0. The Hall–Kier alpha value is -3.65. The van der Waals surface area contributed by atoms with Crippen LogP contribution in [0.15, 0.2) is 60.9 Å². The number of rotatable bonds is 3. The second-order valence-electron chi connectivity index (χ2n) is 9.77. The summed E-state index contributed by atoms with van der Waals surface area (Å²) in [6.45, 7) is 6.14. The van der Waals surface area contributed by atoms with Crippen molar-refractivity contribution in [3.63, 3.8) is 0 Å². The highest BCUT2D eigenvalue weighted by Crippen LogP contribution is 2.29. The highest BCUT2D eigenvalue weighted by molar-refractivity contribution is 6.34. The summed E-state index contributed by atoms with van der Waals surface area (Å²) >= 11 is 6.61. The summed E-state index contributed by atoms with van der Waals surface area (Å²) in [4.78, 5) is 43.7. The predicted molar refractivity (Wildman–Crippen MR) is 151 cm³/mol. The van der Waals surface area contributed by atoms with Gasteiger partial charge in [-0.25, -0.2) is 9.97 Å². The van der Waals surface area contributed by atoms with Crippen LogP contribution in [0.25, 0.3) is 0 Å². The normalized spacial score (nSPS) is 16.7. The van der Waals surface area contributed by atoms with Crippen molar-refractivity contribution in [2.75, 3.05) is 54.0 Å². The third kappa shape index (κ3) is 5.75. The van der Waals surface area contributed by atoms with E-state index in [-0.39, 0.29) is 11.8 Å². The zero-order valence-corrected chi connectivity index (χ0v) is 22.5. The van der Waals surface area contributed by atoms with Crippen molar-refractivity contribution in [2.45, 2.75) is 32.7 Å². The minimum absolute atomic E-state index is 0.0292. The summed E-state index contributed by atoms with van der Waals surface area (Å²) in [5.74, 6) is 0.451. The molecule has 3 aromatic rings. The maximum Gasteiger partial charge on any atom is 0.255 e. The molecule has 1 aromatic heterocycles. The third-order valence-corrected chi connectivity index (χ3v) is 7.58. The molecule has 2 amide bonds. The molecule has 8 nitrogen and oxygen atoms in total. The van der Waals surface area contributed by atoms with Crippen molar-refractivity contribution in [3.05, 3.63) is 77.1 Å². The molecule has 3 heterocycles. The molecule has 38 heavy (non-hydrogen) atoms. The van der Waals surface area contributed by atoms with Crippen molar-refractivity contribution in [2.24, 2.45) is 0 Å². The monoisotopic (exact) mass is 532 g/mol. The van der Waals surface area contributed by atoms with Crippen molar-refractivity contribution >= 4 is 40.7 Å². The van der Waals surface area contributed by atoms with E-state index < -0.39 is 0 Å². The summed E-state index contributed by atoms with van der Waals surface area (Å²) in [5, 5.41) is 0.439. The second-order valence-corrected chi connectivity index (χ2v) is 10.2. The highest BCUT2D eigenvalue weighted by atomic mass is 35.5. The smallest absolute Gasteiger partial charge is 0.255 e. The first-order valence-electron chi connectivity index (χ1n) is 13.2. The maximum atomic E-state index is 14.1. The van der Waals surface area contributed by atoms with Crippen molar-refractivity contribution in [3.8, 4) is 0 Å². The first-order chi connectivity index (χ1) is 18.5. The Morgan fingerprint density at radius 3 is 2.32 bits per heavy atom.